The van der Waals surface area contributed by atoms with E-state index >= 15 is 0 Å². The van der Waals surface area contributed by atoms with Gasteiger partial charge in [-0.2, -0.15) is 0 Å². The Hall–Kier alpha value is -0.600. The standard InChI is InChI=1S/C10H12BrN/c1-3-10(12)8-4-5-9(11)7(2)6-8/h3-6,10H,1,12H2,2H3/t10-/m0/s1. The third kappa shape index (κ3) is 1.96. The van der Waals surface area contributed by atoms with E-state index in [9.17, 15) is 0 Å². The molecular weight excluding hydrogens is 214 g/mol. The molecule has 0 radical (unpaired) electrons. The molecule has 1 atom stereocenters. The van der Waals surface area contributed by atoms with Crippen molar-refractivity contribution in [2.45, 2.75) is 13.0 Å². The summed E-state index contributed by atoms with van der Waals surface area (Å²) in [6, 6.07) is 6.02. The SMILES string of the molecule is C=C[C@H](N)c1ccc(Br)c(C)c1. The van der Waals surface area contributed by atoms with Crippen molar-refractivity contribution in [3.05, 3.63) is 46.5 Å². The van der Waals surface area contributed by atoms with Gasteiger partial charge in [-0.15, -0.1) is 6.58 Å². The maximum atomic E-state index is 5.78. The van der Waals surface area contributed by atoms with Gasteiger partial charge >= 0.3 is 0 Å². The van der Waals surface area contributed by atoms with Crippen LogP contribution in [0.2, 0.25) is 0 Å². The third-order valence-corrected chi connectivity index (χ3v) is 2.71. The summed E-state index contributed by atoms with van der Waals surface area (Å²) in [6.45, 7) is 5.70. The van der Waals surface area contributed by atoms with Crippen molar-refractivity contribution in [1.82, 2.24) is 0 Å². The normalized spacial score (nSPS) is 12.6. The second-order valence-corrected chi connectivity index (χ2v) is 3.62. The van der Waals surface area contributed by atoms with E-state index in [4.69, 9.17) is 5.73 Å². The predicted octanol–water partition coefficient (Wildman–Crippen LogP) is 2.94. The molecule has 0 saturated heterocycles. The zero-order chi connectivity index (χ0) is 9.14. The van der Waals surface area contributed by atoms with Crippen molar-refractivity contribution in [3.8, 4) is 0 Å². The fourth-order valence-corrected chi connectivity index (χ4v) is 1.26. The number of hydrogen-bond donors (Lipinski definition) is 1. The quantitative estimate of drug-likeness (QED) is 0.771. The molecule has 0 aromatic heterocycles. The Morgan fingerprint density at radius 2 is 2.25 bits per heavy atom. The van der Waals surface area contributed by atoms with Gasteiger partial charge in [-0.3, -0.25) is 0 Å². The average molecular weight is 226 g/mol. The molecule has 0 unspecified atom stereocenters. The van der Waals surface area contributed by atoms with E-state index in [0.29, 0.717) is 0 Å². The molecule has 12 heavy (non-hydrogen) atoms. The molecule has 1 rings (SSSR count). The van der Waals surface area contributed by atoms with Crippen molar-refractivity contribution >= 4 is 15.9 Å². The van der Waals surface area contributed by atoms with Crippen LogP contribution >= 0.6 is 15.9 Å². The molecular formula is C10H12BrN. The van der Waals surface area contributed by atoms with Gasteiger partial charge in [0.1, 0.15) is 0 Å². The summed E-state index contributed by atoms with van der Waals surface area (Å²) < 4.78 is 1.11. The van der Waals surface area contributed by atoms with Gasteiger partial charge in [0.25, 0.3) is 0 Å². The highest BCUT2D eigenvalue weighted by Gasteiger charge is 2.02. The minimum absolute atomic E-state index is 0.0585. The van der Waals surface area contributed by atoms with Crippen molar-refractivity contribution in [2.24, 2.45) is 5.73 Å². The van der Waals surface area contributed by atoms with E-state index in [1.807, 2.05) is 19.1 Å². The Balaban J connectivity index is 3.04. The molecule has 0 bridgehead atoms. The zero-order valence-electron chi connectivity index (χ0n) is 7.05. The van der Waals surface area contributed by atoms with Crippen LogP contribution in [-0.2, 0) is 0 Å². The Kier molecular flexibility index (Phi) is 3.06. The fourth-order valence-electron chi connectivity index (χ4n) is 1.01. The van der Waals surface area contributed by atoms with Crippen molar-refractivity contribution < 1.29 is 0 Å². The number of halogens is 1. The second-order valence-electron chi connectivity index (χ2n) is 2.77. The van der Waals surface area contributed by atoms with Crippen LogP contribution in [0, 0.1) is 6.92 Å². The minimum atomic E-state index is -0.0585. The van der Waals surface area contributed by atoms with Gasteiger partial charge in [-0.05, 0) is 24.1 Å². The summed E-state index contributed by atoms with van der Waals surface area (Å²) in [5.74, 6) is 0. The Labute approximate surface area is 81.4 Å². The number of aryl methyl sites for hydroxylation is 1. The van der Waals surface area contributed by atoms with Crippen LogP contribution in [0.1, 0.15) is 17.2 Å². The van der Waals surface area contributed by atoms with E-state index in [1.54, 1.807) is 6.08 Å². The molecule has 2 N–H and O–H groups in total. The summed E-state index contributed by atoms with van der Waals surface area (Å²) >= 11 is 3.43. The highest BCUT2D eigenvalue weighted by molar-refractivity contribution is 9.10. The summed E-state index contributed by atoms with van der Waals surface area (Å²) in [5, 5.41) is 0. The first-order chi connectivity index (χ1) is 5.65. The van der Waals surface area contributed by atoms with Gasteiger partial charge in [-0.25, -0.2) is 0 Å². The van der Waals surface area contributed by atoms with Crippen LogP contribution in [0.15, 0.2) is 35.3 Å². The highest BCUT2D eigenvalue weighted by atomic mass is 79.9. The van der Waals surface area contributed by atoms with Crippen LogP contribution in [0.5, 0.6) is 0 Å². The molecule has 1 nitrogen and oxygen atoms in total. The van der Waals surface area contributed by atoms with E-state index in [0.717, 1.165) is 10.0 Å². The van der Waals surface area contributed by atoms with Crippen LogP contribution in [0.25, 0.3) is 0 Å². The lowest BCUT2D eigenvalue weighted by Gasteiger charge is -2.07. The highest BCUT2D eigenvalue weighted by Crippen LogP contribution is 2.20. The van der Waals surface area contributed by atoms with E-state index < -0.39 is 0 Å². The van der Waals surface area contributed by atoms with Gasteiger partial charge < -0.3 is 5.73 Å². The number of nitrogens with two attached hydrogens (primary N) is 1. The monoisotopic (exact) mass is 225 g/mol. The number of rotatable bonds is 2. The first-order valence-electron chi connectivity index (χ1n) is 3.79. The smallest absolute Gasteiger partial charge is 0.0478 e. The molecule has 2 heteroatoms. The van der Waals surface area contributed by atoms with E-state index in [1.165, 1.54) is 5.56 Å². The number of benzene rings is 1. The predicted molar refractivity (Wildman–Crippen MR) is 56.0 cm³/mol. The van der Waals surface area contributed by atoms with Crippen molar-refractivity contribution in [2.75, 3.05) is 0 Å². The summed E-state index contributed by atoms with van der Waals surface area (Å²) in [5.41, 5.74) is 8.08. The summed E-state index contributed by atoms with van der Waals surface area (Å²) in [6.07, 6.45) is 1.74. The molecule has 0 aliphatic carbocycles. The summed E-state index contributed by atoms with van der Waals surface area (Å²) in [7, 11) is 0. The molecule has 0 fully saturated rings. The second kappa shape index (κ2) is 3.87. The lowest BCUT2D eigenvalue weighted by Crippen LogP contribution is -2.06. The number of hydrogen-bond acceptors (Lipinski definition) is 1. The first kappa shape index (κ1) is 9.49. The van der Waals surface area contributed by atoms with Crippen molar-refractivity contribution in [1.29, 1.82) is 0 Å². The average Bonchev–Trinajstić information content (AvgIpc) is 2.08. The molecule has 64 valence electrons. The summed E-state index contributed by atoms with van der Waals surface area (Å²) in [4.78, 5) is 0. The molecule has 1 aromatic rings. The molecule has 0 spiro atoms. The molecule has 0 saturated carbocycles. The minimum Gasteiger partial charge on any atom is -0.321 e. The third-order valence-electron chi connectivity index (χ3n) is 1.82. The maximum Gasteiger partial charge on any atom is 0.0478 e. The fraction of sp³-hybridized carbons (Fsp3) is 0.200. The topological polar surface area (TPSA) is 26.0 Å². The van der Waals surface area contributed by atoms with Crippen LogP contribution < -0.4 is 5.73 Å². The van der Waals surface area contributed by atoms with Crippen molar-refractivity contribution in [3.63, 3.8) is 0 Å². The molecule has 1 aromatic carbocycles. The van der Waals surface area contributed by atoms with Crippen LogP contribution in [0.4, 0.5) is 0 Å². The van der Waals surface area contributed by atoms with Gasteiger partial charge in [0, 0.05) is 10.5 Å². The lowest BCUT2D eigenvalue weighted by atomic mass is 10.1. The Morgan fingerprint density at radius 1 is 1.58 bits per heavy atom. The Morgan fingerprint density at radius 3 is 2.75 bits per heavy atom. The van der Waals surface area contributed by atoms with Crippen LogP contribution in [-0.4, -0.2) is 0 Å². The molecule has 0 aliphatic rings. The van der Waals surface area contributed by atoms with Gasteiger partial charge in [0.2, 0.25) is 0 Å². The van der Waals surface area contributed by atoms with Crippen LogP contribution in [0.3, 0.4) is 0 Å². The molecule has 0 amide bonds. The van der Waals surface area contributed by atoms with Gasteiger partial charge in [0.15, 0.2) is 0 Å². The molecule has 0 heterocycles. The lowest BCUT2D eigenvalue weighted by molar-refractivity contribution is 0.911. The van der Waals surface area contributed by atoms with Gasteiger partial charge in [-0.1, -0.05) is 34.1 Å². The maximum absolute atomic E-state index is 5.78. The van der Waals surface area contributed by atoms with Gasteiger partial charge in [0.05, 0.1) is 0 Å². The largest absolute Gasteiger partial charge is 0.321 e. The Bertz CT molecular complexity index is 294. The zero-order valence-corrected chi connectivity index (χ0v) is 8.64. The molecule has 0 aliphatic heterocycles. The van der Waals surface area contributed by atoms with E-state index in [2.05, 4.69) is 28.6 Å². The van der Waals surface area contributed by atoms with E-state index in [-0.39, 0.29) is 6.04 Å². The first-order valence-corrected chi connectivity index (χ1v) is 4.58.